The number of anilines is 5. The summed E-state index contributed by atoms with van der Waals surface area (Å²) in [5.41, 5.74) is 0.724. The number of H-pyrrole nitrogens is 1. The molecule has 14 heteroatoms. The van der Waals surface area contributed by atoms with Gasteiger partial charge in [-0.2, -0.15) is 18.3 Å². The summed E-state index contributed by atoms with van der Waals surface area (Å²) in [7, 11) is 0. The van der Waals surface area contributed by atoms with E-state index in [4.69, 9.17) is 11.6 Å². The minimum absolute atomic E-state index is 0.0633. The van der Waals surface area contributed by atoms with Gasteiger partial charge in [-0.25, -0.2) is 14.8 Å². The number of aromatic amines is 1. The molecule has 37 heavy (non-hydrogen) atoms. The molecule has 2 aromatic heterocycles. The van der Waals surface area contributed by atoms with Crippen LogP contribution in [0.3, 0.4) is 0 Å². The van der Waals surface area contributed by atoms with Crippen molar-refractivity contribution < 1.29 is 22.8 Å². The molecule has 4 rings (SSSR count). The van der Waals surface area contributed by atoms with Crippen LogP contribution in [0.2, 0.25) is 5.02 Å². The first-order valence-corrected chi connectivity index (χ1v) is 10.9. The van der Waals surface area contributed by atoms with Crippen LogP contribution in [0.25, 0.3) is 11.4 Å². The largest absolute Gasteiger partial charge is 0.417 e. The predicted octanol–water partition coefficient (Wildman–Crippen LogP) is 5.80. The molecule has 0 saturated heterocycles. The fourth-order valence-corrected chi connectivity index (χ4v) is 3.55. The molecule has 190 valence electrons. The van der Waals surface area contributed by atoms with Crippen molar-refractivity contribution in [3.63, 3.8) is 0 Å². The van der Waals surface area contributed by atoms with Crippen LogP contribution in [-0.2, 0) is 11.0 Å². The Morgan fingerprint density at radius 1 is 1.03 bits per heavy atom. The third-order valence-electron chi connectivity index (χ3n) is 4.96. The standard InChI is InChI=1S/C23H18ClF3N8O2/c1-12-8-13(30-22(37)31-14-3-5-17(24)16(9-14)23(25,26)27)2-4-15(12)21-28-7-6-18(33-21)32-20-10-19(29-11-36)34-35-20/h2-11H,1H3,(H2,30,31,37)(H3,28,29,32,33,34,35,36). The summed E-state index contributed by atoms with van der Waals surface area (Å²) in [5.74, 6) is 1.71. The lowest BCUT2D eigenvalue weighted by atomic mass is 10.1. The van der Waals surface area contributed by atoms with Crippen molar-refractivity contribution in [2.75, 3.05) is 21.3 Å². The Labute approximate surface area is 212 Å². The minimum Gasteiger partial charge on any atom is -0.325 e. The second kappa shape index (κ2) is 10.5. The zero-order chi connectivity index (χ0) is 26.6. The van der Waals surface area contributed by atoms with E-state index in [1.807, 2.05) is 0 Å². The van der Waals surface area contributed by atoms with Crippen molar-refractivity contribution in [3.05, 3.63) is 70.9 Å². The van der Waals surface area contributed by atoms with E-state index in [9.17, 15) is 22.8 Å². The number of urea groups is 1. The maximum Gasteiger partial charge on any atom is 0.417 e. The van der Waals surface area contributed by atoms with E-state index in [1.54, 1.807) is 43.5 Å². The van der Waals surface area contributed by atoms with Gasteiger partial charge >= 0.3 is 12.2 Å². The van der Waals surface area contributed by atoms with E-state index in [1.165, 1.54) is 6.07 Å². The van der Waals surface area contributed by atoms with Crippen molar-refractivity contribution in [2.45, 2.75) is 13.1 Å². The highest BCUT2D eigenvalue weighted by molar-refractivity contribution is 6.31. The molecule has 0 fully saturated rings. The number of carbonyl (C=O) groups is 2. The van der Waals surface area contributed by atoms with Crippen LogP contribution >= 0.6 is 11.6 Å². The Morgan fingerprint density at radius 2 is 1.76 bits per heavy atom. The molecule has 0 spiro atoms. The fraction of sp³-hybridized carbons (Fsp3) is 0.0870. The van der Waals surface area contributed by atoms with Crippen LogP contribution in [-0.4, -0.2) is 32.6 Å². The van der Waals surface area contributed by atoms with Crippen LogP contribution in [0.1, 0.15) is 11.1 Å². The lowest BCUT2D eigenvalue weighted by Gasteiger charge is -2.13. The van der Waals surface area contributed by atoms with Crippen molar-refractivity contribution in [3.8, 4) is 11.4 Å². The molecule has 2 aromatic carbocycles. The molecule has 0 atom stereocenters. The molecule has 0 bridgehead atoms. The molecular weight excluding hydrogens is 513 g/mol. The number of rotatable bonds is 7. The Hall–Kier alpha value is -4.65. The highest BCUT2D eigenvalue weighted by Crippen LogP contribution is 2.36. The lowest BCUT2D eigenvalue weighted by Crippen LogP contribution is -2.20. The molecule has 0 aliphatic heterocycles. The number of aromatic nitrogens is 4. The molecule has 0 aliphatic rings. The fourth-order valence-electron chi connectivity index (χ4n) is 3.32. The molecular formula is C23H18ClF3N8O2. The molecule has 2 heterocycles. The van der Waals surface area contributed by atoms with Crippen LogP contribution < -0.4 is 21.3 Å². The molecule has 0 radical (unpaired) electrons. The van der Waals surface area contributed by atoms with Crippen molar-refractivity contribution >= 4 is 52.9 Å². The number of hydrogen-bond acceptors (Lipinski definition) is 6. The van der Waals surface area contributed by atoms with Gasteiger partial charge in [0.2, 0.25) is 6.41 Å². The van der Waals surface area contributed by atoms with E-state index >= 15 is 0 Å². The molecule has 3 amide bonds. The second-order valence-corrected chi connectivity index (χ2v) is 8.03. The smallest absolute Gasteiger partial charge is 0.325 e. The van der Waals surface area contributed by atoms with E-state index < -0.39 is 22.8 Å². The molecule has 0 aliphatic carbocycles. The molecule has 10 nitrogen and oxygen atoms in total. The third kappa shape index (κ3) is 6.32. The van der Waals surface area contributed by atoms with Gasteiger partial charge in [-0.1, -0.05) is 11.6 Å². The quantitative estimate of drug-likeness (QED) is 0.191. The van der Waals surface area contributed by atoms with Gasteiger partial charge in [0.15, 0.2) is 11.6 Å². The maximum atomic E-state index is 13.1. The summed E-state index contributed by atoms with van der Waals surface area (Å²) < 4.78 is 39.2. The molecule has 0 saturated carbocycles. The summed E-state index contributed by atoms with van der Waals surface area (Å²) in [6, 6.07) is 10.6. The predicted molar refractivity (Wildman–Crippen MR) is 133 cm³/mol. The number of aryl methyl sites for hydroxylation is 1. The Morgan fingerprint density at radius 3 is 2.46 bits per heavy atom. The third-order valence-corrected chi connectivity index (χ3v) is 5.29. The van der Waals surface area contributed by atoms with Crippen molar-refractivity contribution in [2.24, 2.45) is 0 Å². The summed E-state index contributed by atoms with van der Waals surface area (Å²) in [6.07, 6.45) is -2.58. The average molecular weight is 531 g/mol. The normalized spacial score (nSPS) is 11.1. The highest BCUT2D eigenvalue weighted by atomic mass is 35.5. The SMILES string of the molecule is Cc1cc(NC(=O)Nc2ccc(Cl)c(C(F)(F)F)c2)ccc1-c1nccc(Nc2cc(NC=O)n[nH]2)n1. The van der Waals surface area contributed by atoms with Gasteiger partial charge in [-0.05, 0) is 55.0 Å². The van der Waals surface area contributed by atoms with Crippen molar-refractivity contribution in [1.82, 2.24) is 20.2 Å². The number of benzene rings is 2. The molecule has 5 N–H and O–H groups in total. The Balaban J connectivity index is 1.45. The zero-order valence-electron chi connectivity index (χ0n) is 18.9. The highest BCUT2D eigenvalue weighted by Gasteiger charge is 2.33. The average Bonchev–Trinajstić information content (AvgIpc) is 3.27. The van der Waals surface area contributed by atoms with Gasteiger partial charge in [-0.15, -0.1) is 0 Å². The van der Waals surface area contributed by atoms with Crippen molar-refractivity contribution in [1.29, 1.82) is 0 Å². The maximum absolute atomic E-state index is 13.1. The topological polar surface area (TPSA) is 137 Å². The Bertz CT molecular complexity index is 1460. The Kier molecular flexibility index (Phi) is 7.25. The number of hydrogen-bond donors (Lipinski definition) is 5. The second-order valence-electron chi connectivity index (χ2n) is 7.62. The zero-order valence-corrected chi connectivity index (χ0v) is 19.7. The van der Waals surface area contributed by atoms with Gasteiger partial charge in [0.05, 0.1) is 10.6 Å². The number of alkyl halides is 3. The summed E-state index contributed by atoms with van der Waals surface area (Å²) in [6.45, 7) is 1.79. The van der Waals surface area contributed by atoms with Gasteiger partial charge < -0.3 is 21.3 Å². The number of carbonyl (C=O) groups excluding carboxylic acids is 2. The first-order chi connectivity index (χ1) is 17.6. The van der Waals surface area contributed by atoms with Crippen LogP contribution in [0.15, 0.2) is 54.7 Å². The van der Waals surface area contributed by atoms with Gasteiger partial charge in [0.25, 0.3) is 0 Å². The van der Waals surface area contributed by atoms with Crippen LogP contribution in [0.4, 0.5) is 46.8 Å². The summed E-state index contributed by atoms with van der Waals surface area (Å²) >= 11 is 5.61. The van der Waals surface area contributed by atoms with Crippen LogP contribution in [0.5, 0.6) is 0 Å². The minimum atomic E-state index is -4.65. The first kappa shape index (κ1) is 25.4. The van der Waals surface area contributed by atoms with E-state index in [2.05, 4.69) is 41.4 Å². The van der Waals surface area contributed by atoms with Gasteiger partial charge in [-0.3, -0.25) is 9.89 Å². The number of nitrogens with zero attached hydrogens (tertiary/aromatic N) is 3. The molecule has 4 aromatic rings. The van der Waals surface area contributed by atoms with Gasteiger partial charge in [0, 0.05) is 29.2 Å². The summed E-state index contributed by atoms with van der Waals surface area (Å²) in [4.78, 5) is 31.6. The molecule has 0 unspecified atom stereocenters. The van der Waals surface area contributed by atoms with Gasteiger partial charge in [0.1, 0.15) is 11.6 Å². The van der Waals surface area contributed by atoms with Crippen LogP contribution in [0, 0.1) is 6.92 Å². The van der Waals surface area contributed by atoms with E-state index in [0.717, 1.165) is 17.7 Å². The van der Waals surface area contributed by atoms with E-state index in [-0.39, 0.29) is 5.69 Å². The van der Waals surface area contributed by atoms with E-state index in [0.29, 0.717) is 40.9 Å². The number of halogens is 4. The number of nitrogens with one attached hydrogen (secondary N) is 5. The lowest BCUT2D eigenvalue weighted by molar-refractivity contribution is -0.137. The monoisotopic (exact) mass is 530 g/mol. The number of amides is 3. The summed E-state index contributed by atoms with van der Waals surface area (Å²) in [5, 5.41) is 16.5. The first-order valence-electron chi connectivity index (χ1n) is 10.5.